The zero-order chi connectivity index (χ0) is 16.9. The molecule has 0 radical (unpaired) electrons. The Morgan fingerprint density at radius 1 is 1.38 bits per heavy atom. The number of benzene rings is 1. The number of piperidine rings is 1. The number of likely N-dealkylation sites (tertiary alicyclic amines) is 1. The molecule has 1 aromatic rings. The van der Waals surface area contributed by atoms with E-state index >= 15 is 0 Å². The highest BCUT2D eigenvalue weighted by atomic mass is 35.5. The van der Waals surface area contributed by atoms with Gasteiger partial charge in [-0.2, -0.15) is 0 Å². The molecule has 0 saturated carbocycles. The molecule has 4 nitrogen and oxygen atoms in total. The van der Waals surface area contributed by atoms with Crippen LogP contribution >= 0.6 is 11.6 Å². The predicted molar refractivity (Wildman–Crippen MR) is 93.4 cm³/mol. The van der Waals surface area contributed by atoms with Gasteiger partial charge in [0.1, 0.15) is 5.82 Å². The molecule has 2 unspecified atom stereocenters. The van der Waals surface area contributed by atoms with Gasteiger partial charge in [0.2, 0.25) is 5.91 Å². The van der Waals surface area contributed by atoms with Gasteiger partial charge in [-0.15, -0.1) is 0 Å². The van der Waals surface area contributed by atoms with Crippen LogP contribution in [0.1, 0.15) is 31.2 Å². The lowest BCUT2D eigenvalue weighted by atomic mass is 9.97. The molecular formula is C18H25ClFN3O. The van der Waals surface area contributed by atoms with Crippen LogP contribution in [0.2, 0.25) is 5.02 Å². The molecule has 0 spiro atoms. The molecule has 0 aromatic heterocycles. The Morgan fingerprint density at radius 3 is 3.00 bits per heavy atom. The second-order valence-electron chi connectivity index (χ2n) is 6.87. The second-order valence-corrected chi connectivity index (χ2v) is 7.31. The number of halogens is 2. The van der Waals surface area contributed by atoms with Gasteiger partial charge in [-0.05, 0) is 56.8 Å². The standard InChI is InChI=1S/C18H25ClFN3O/c19-15-6-5-14(16(20)9-15)12-23-8-2-3-13(11-23)10-22-18(24)17-4-1-7-21-17/h5-6,9,13,17,21H,1-4,7-8,10-12H2,(H,22,24). The molecule has 2 heterocycles. The number of hydrogen-bond donors (Lipinski definition) is 2. The maximum absolute atomic E-state index is 14.0. The maximum atomic E-state index is 14.0. The van der Waals surface area contributed by atoms with Gasteiger partial charge >= 0.3 is 0 Å². The second kappa shape index (κ2) is 8.28. The summed E-state index contributed by atoms with van der Waals surface area (Å²) in [5, 5.41) is 6.73. The van der Waals surface area contributed by atoms with Gasteiger partial charge in [0.05, 0.1) is 6.04 Å². The summed E-state index contributed by atoms with van der Waals surface area (Å²) in [6, 6.07) is 4.84. The van der Waals surface area contributed by atoms with Crippen molar-refractivity contribution in [2.45, 2.75) is 38.3 Å². The Bertz CT molecular complexity index is 577. The van der Waals surface area contributed by atoms with E-state index in [1.165, 1.54) is 6.07 Å². The Kier molecular flexibility index (Phi) is 6.09. The first-order valence-corrected chi connectivity index (χ1v) is 9.17. The Balaban J connectivity index is 1.48. The van der Waals surface area contributed by atoms with E-state index in [1.807, 2.05) is 0 Å². The van der Waals surface area contributed by atoms with Crippen molar-refractivity contribution in [3.63, 3.8) is 0 Å². The maximum Gasteiger partial charge on any atom is 0.237 e. The molecule has 2 saturated heterocycles. The van der Waals surface area contributed by atoms with Gasteiger partial charge in [0.25, 0.3) is 0 Å². The minimum Gasteiger partial charge on any atom is -0.354 e. The SMILES string of the molecule is O=C(NCC1CCCN(Cc2ccc(Cl)cc2F)C1)C1CCCN1. The van der Waals surface area contributed by atoms with E-state index in [-0.39, 0.29) is 17.8 Å². The number of nitrogens with one attached hydrogen (secondary N) is 2. The lowest BCUT2D eigenvalue weighted by molar-refractivity contribution is -0.123. The lowest BCUT2D eigenvalue weighted by Gasteiger charge is -2.33. The molecule has 0 aliphatic carbocycles. The third kappa shape index (κ3) is 4.68. The van der Waals surface area contributed by atoms with Gasteiger partial charge < -0.3 is 10.6 Å². The Hall–Kier alpha value is -1.17. The first kappa shape index (κ1) is 17.6. The highest BCUT2D eigenvalue weighted by Gasteiger charge is 2.25. The molecule has 2 N–H and O–H groups in total. The number of nitrogens with zero attached hydrogens (tertiary/aromatic N) is 1. The zero-order valence-corrected chi connectivity index (χ0v) is 14.6. The van der Waals surface area contributed by atoms with Gasteiger partial charge in [-0.1, -0.05) is 17.7 Å². The van der Waals surface area contributed by atoms with Crippen LogP contribution in [0.4, 0.5) is 4.39 Å². The van der Waals surface area contributed by atoms with E-state index < -0.39 is 0 Å². The molecule has 24 heavy (non-hydrogen) atoms. The summed E-state index contributed by atoms with van der Waals surface area (Å²) in [5.74, 6) is 0.304. The summed E-state index contributed by atoms with van der Waals surface area (Å²) in [5.41, 5.74) is 0.680. The van der Waals surface area contributed by atoms with Crippen LogP contribution < -0.4 is 10.6 Å². The lowest BCUT2D eigenvalue weighted by Crippen LogP contribution is -2.45. The average Bonchev–Trinajstić information content (AvgIpc) is 3.10. The van der Waals surface area contributed by atoms with Crippen LogP contribution in [-0.4, -0.2) is 43.0 Å². The quantitative estimate of drug-likeness (QED) is 0.855. The molecule has 2 atom stereocenters. The number of amides is 1. The monoisotopic (exact) mass is 353 g/mol. The first-order valence-electron chi connectivity index (χ1n) is 8.79. The van der Waals surface area contributed by atoms with Crippen molar-refractivity contribution in [2.24, 2.45) is 5.92 Å². The first-order chi connectivity index (χ1) is 11.6. The summed E-state index contributed by atoms with van der Waals surface area (Å²) in [7, 11) is 0. The van der Waals surface area contributed by atoms with Gasteiger partial charge in [0.15, 0.2) is 0 Å². The molecule has 6 heteroatoms. The minimum atomic E-state index is -0.245. The van der Waals surface area contributed by atoms with Gasteiger partial charge in [-0.3, -0.25) is 9.69 Å². The van der Waals surface area contributed by atoms with Crippen LogP contribution in [0.5, 0.6) is 0 Å². The minimum absolute atomic E-state index is 0.0205. The molecule has 132 valence electrons. The average molecular weight is 354 g/mol. The van der Waals surface area contributed by atoms with Crippen LogP contribution in [-0.2, 0) is 11.3 Å². The summed E-state index contributed by atoms with van der Waals surface area (Å²) >= 11 is 5.81. The molecule has 1 aromatic carbocycles. The highest BCUT2D eigenvalue weighted by Crippen LogP contribution is 2.21. The Morgan fingerprint density at radius 2 is 2.25 bits per heavy atom. The van der Waals surface area contributed by atoms with Crippen LogP contribution in [0.25, 0.3) is 0 Å². The van der Waals surface area contributed by atoms with E-state index in [0.717, 1.165) is 45.3 Å². The van der Waals surface area contributed by atoms with Gasteiger partial charge in [-0.25, -0.2) is 4.39 Å². The summed E-state index contributed by atoms with van der Waals surface area (Å²) in [6.07, 6.45) is 4.19. The smallest absolute Gasteiger partial charge is 0.237 e. The van der Waals surface area contributed by atoms with E-state index in [0.29, 0.717) is 29.6 Å². The summed E-state index contributed by atoms with van der Waals surface area (Å²) < 4.78 is 14.0. The van der Waals surface area contributed by atoms with Crippen LogP contribution in [0.15, 0.2) is 18.2 Å². The van der Waals surface area contributed by atoms with E-state index in [4.69, 9.17) is 11.6 Å². The molecule has 2 aliphatic rings. The normalized spacial score (nSPS) is 24.9. The largest absolute Gasteiger partial charge is 0.354 e. The number of carbonyl (C=O) groups excluding carboxylic acids is 1. The molecular weight excluding hydrogens is 329 g/mol. The molecule has 2 fully saturated rings. The number of hydrogen-bond acceptors (Lipinski definition) is 3. The Labute approximate surface area is 147 Å². The highest BCUT2D eigenvalue weighted by molar-refractivity contribution is 6.30. The van der Waals surface area contributed by atoms with Crippen molar-refractivity contribution in [1.82, 2.24) is 15.5 Å². The fraction of sp³-hybridized carbons (Fsp3) is 0.611. The van der Waals surface area contributed by atoms with Crippen molar-refractivity contribution >= 4 is 17.5 Å². The topological polar surface area (TPSA) is 44.4 Å². The third-order valence-corrected chi connectivity index (χ3v) is 5.19. The summed E-state index contributed by atoms with van der Waals surface area (Å²) in [6.45, 7) is 4.09. The number of rotatable bonds is 5. The van der Waals surface area contributed by atoms with Crippen LogP contribution in [0, 0.1) is 11.7 Å². The molecule has 0 bridgehead atoms. The van der Waals surface area contributed by atoms with Gasteiger partial charge in [0, 0.05) is 30.2 Å². The van der Waals surface area contributed by atoms with Crippen molar-refractivity contribution in [1.29, 1.82) is 0 Å². The van der Waals surface area contributed by atoms with E-state index in [9.17, 15) is 9.18 Å². The van der Waals surface area contributed by atoms with E-state index in [2.05, 4.69) is 15.5 Å². The molecule has 3 rings (SSSR count). The molecule has 1 amide bonds. The van der Waals surface area contributed by atoms with E-state index in [1.54, 1.807) is 12.1 Å². The van der Waals surface area contributed by atoms with Crippen molar-refractivity contribution < 1.29 is 9.18 Å². The summed E-state index contributed by atoms with van der Waals surface area (Å²) in [4.78, 5) is 14.4. The van der Waals surface area contributed by atoms with Crippen molar-refractivity contribution in [3.8, 4) is 0 Å². The fourth-order valence-electron chi connectivity index (χ4n) is 3.63. The van der Waals surface area contributed by atoms with Crippen molar-refractivity contribution in [2.75, 3.05) is 26.2 Å². The van der Waals surface area contributed by atoms with Crippen LogP contribution in [0.3, 0.4) is 0 Å². The third-order valence-electron chi connectivity index (χ3n) is 4.95. The predicted octanol–water partition coefficient (Wildman–Crippen LogP) is 2.56. The molecule has 2 aliphatic heterocycles. The number of carbonyl (C=O) groups is 1. The fourth-order valence-corrected chi connectivity index (χ4v) is 3.79. The zero-order valence-electron chi connectivity index (χ0n) is 13.9. The van der Waals surface area contributed by atoms with Crippen molar-refractivity contribution in [3.05, 3.63) is 34.6 Å².